The smallest absolute Gasteiger partial charge is 0.444 e. The van der Waals surface area contributed by atoms with Crippen molar-refractivity contribution in [3.05, 3.63) is 23.8 Å². The number of para-hydroxylation sites is 1. The summed E-state index contributed by atoms with van der Waals surface area (Å²) in [4.78, 5) is 23.3. The zero-order chi connectivity index (χ0) is 17.1. The van der Waals surface area contributed by atoms with Crippen molar-refractivity contribution < 1.29 is 32.2 Å². The molecule has 22 heavy (non-hydrogen) atoms. The van der Waals surface area contributed by atoms with E-state index in [-0.39, 0.29) is 11.3 Å². The lowest BCUT2D eigenvalue weighted by Gasteiger charge is -2.21. The molecule has 0 unspecified atom stereocenters. The molecule has 0 saturated carbocycles. The number of ether oxygens (including phenoxy) is 2. The third kappa shape index (κ3) is 5.63. The van der Waals surface area contributed by atoms with Gasteiger partial charge in [-0.15, -0.1) is 13.2 Å². The molecule has 0 radical (unpaired) electrons. The van der Waals surface area contributed by atoms with Gasteiger partial charge >= 0.3 is 12.5 Å². The Balaban J connectivity index is 3.18. The predicted octanol–water partition coefficient (Wildman–Crippen LogP) is 4.13. The number of anilines is 1. The highest BCUT2D eigenvalue weighted by atomic mass is 19.4. The van der Waals surface area contributed by atoms with Crippen LogP contribution in [0.15, 0.2) is 18.2 Å². The molecular formula is C14H16F3NO4. The molecule has 0 spiro atoms. The molecule has 0 atom stereocenters. The highest BCUT2D eigenvalue weighted by Crippen LogP contribution is 2.33. The summed E-state index contributed by atoms with van der Waals surface area (Å²) in [6.45, 7) is 5.94. The molecule has 0 aliphatic carbocycles. The Kier molecular flexibility index (Phi) is 5.05. The van der Waals surface area contributed by atoms with Crippen molar-refractivity contribution in [2.75, 3.05) is 5.32 Å². The number of amides is 1. The number of nitrogens with one attached hydrogen (secondary N) is 1. The highest BCUT2D eigenvalue weighted by molar-refractivity contribution is 6.04. The summed E-state index contributed by atoms with van der Waals surface area (Å²) < 4.78 is 46.0. The minimum absolute atomic E-state index is 0.118. The number of carbonyl (C=O) groups is 2. The number of hydrogen-bond donors (Lipinski definition) is 1. The zero-order valence-electron chi connectivity index (χ0n) is 12.5. The zero-order valence-corrected chi connectivity index (χ0v) is 12.5. The van der Waals surface area contributed by atoms with E-state index in [9.17, 15) is 22.8 Å². The van der Waals surface area contributed by atoms with Crippen molar-refractivity contribution in [1.82, 2.24) is 0 Å². The fraction of sp³-hybridized carbons (Fsp3) is 0.429. The van der Waals surface area contributed by atoms with E-state index in [2.05, 4.69) is 10.1 Å². The summed E-state index contributed by atoms with van der Waals surface area (Å²) >= 11 is 0. The van der Waals surface area contributed by atoms with E-state index in [1.54, 1.807) is 20.8 Å². The number of alkyl halides is 3. The topological polar surface area (TPSA) is 64.6 Å². The summed E-state index contributed by atoms with van der Waals surface area (Å²) in [5.41, 5.74) is -1.35. The van der Waals surface area contributed by atoms with Gasteiger partial charge in [-0.2, -0.15) is 0 Å². The maximum Gasteiger partial charge on any atom is 0.573 e. The van der Waals surface area contributed by atoms with Crippen molar-refractivity contribution in [2.45, 2.75) is 39.7 Å². The number of benzene rings is 1. The van der Waals surface area contributed by atoms with E-state index in [1.807, 2.05) is 0 Å². The van der Waals surface area contributed by atoms with Crippen LogP contribution in [-0.4, -0.2) is 23.8 Å². The minimum atomic E-state index is -4.96. The van der Waals surface area contributed by atoms with Gasteiger partial charge in [0.25, 0.3) is 0 Å². The standard InChI is InChI=1S/C14H16F3NO4/c1-8(19)9-6-5-7-10(21-14(15,16)17)11(9)18-12(20)22-13(2,3)4/h5-7H,1-4H3,(H,18,20). The van der Waals surface area contributed by atoms with Crippen LogP contribution in [0.2, 0.25) is 0 Å². The van der Waals surface area contributed by atoms with Crippen molar-refractivity contribution in [3.8, 4) is 5.75 Å². The lowest BCUT2D eigenvalue weighted by atomic mass is 10.1. The van der Waals surface area contributed by atoms with E-state index in [1.165, 1.54) is 12.1 Å². The Bertz CT molecular complexity index is 576. The highest BCUT2D eigenvalue weighted by Gasteiger charge is 2.33. The van der Waals surface area contributed by atoms with Crippen LogP contribution in [0.4, 0.5) is 23.7 Å². The van der Waals surface area contributed by atoms with E-state index < -0.39 is 29.6 Å². The van der Waals surface area contributed by atoms with E-state index in [4.69, 9.17) is 4.74 Å². The van der Waals surface area contributed by atoms with Gasteiger partial charge in [-0.1, -0.05) is 6.07 Å². The molecule has 0 aliphatic heterocycles. The van der Waals surface area contributed by atoms with Gasteiger partial charge in [0, 0.05) is 5.56 Å². The second kappa shape index (κ2) is 6.25. The number of Topliss-reactive ketones (excluding diaryl/α,β-unsaturated/α-hetero) is 1. The fourth-order valence-corrected chi connectivity index (χ4v) is 1.57. The molecule has 0 heterocycles. The summed E-state index contributed by atoms with van der Waals surface area (Å²) in [6.07, 6.45) is -5.95. The Morgan fingerprint density at radius 2 is 1.73 bits per heavy atom. The largest absolute Gasteiger partial charge is 0.573 e. The molecule has 1 N–H and O–H groups in total. The van der Waals surface area contributed by atoms with E-state index in [0.29, 0.717) is 0 Å². The number of rotatable bonds is 3. The molecule has 1 aromatic rings. The average molecular weight is 319 g/mol. The van der Waals surface area contributed by atoms with Crippen LogP contribution < -0.4 is 10.1 Å². The van der Waals surface area contributed by atoms with E-state index >= 15 is 0 Å². The number of hydrogen-bond acceptors (Lipinski definition) is 4. The molecule has 1 aromatic carbocycles. The molecule has 1 amide bonds. The summed E-state index contributed by atoms with van der Waals surface area (Å²) in [6, 6.07) is 3.49. The first-order chi connectivity index (χ1) is 9.89. The van der Waals surface area contributed by atoms with E-state index in [0.717, 1.165) is 13.0 Å². The lowest BCUT2D eigenvalue weighted by Crippen LogP contribution is -2.28. The number of halogens is 3. The first kappa shape index (κ1) is 17.8. The monoisotopic (exact) mass is 319 g/mol. The van der Waals surface area contributed by atoms with Crippen molar-refractivity contribution in [2.24, 2.45) is 0 Å². The van der Waals surface area contributed by atoms with Crippen LogP contribution in [0.25, 0.3) is 0 Å². The summed E-state index contributed by atoms with van der Waals surface area (Å²) in [5.74, 6) is -1.22. The van der Waals surface area contributed by atoms with Crippen LogP contribution in [0.5, 0.6) is 5.75 Å². The second-order valence-electron chi connectivity index (χ2n) is 5.41. The van der Waals surface area contributed by atoms with Gasteiger partial charge in [0.1, 0.15) is 5.60 Å². The Morgan fingerprint density at radius 1 is 1.14 bits per heavy atom. The van der Waals surface area contributed by atoms with Crippen molar-refractivity contribution in [3.63, 3.8) is 0 Å². The van der Waals surface area contributed by atoms with Crippen LogP contribution in [0, 0.1) is 0 Å². The second-order valence-corrected chi connectivity index (χ2v) is 5.41. The summed E-state index contributed by atoms with van der Waals surface area (Å²) in [7, 11) is 0. The molecule has 8 heteroatoms. The van der Waals surface area contributed by atoms with Gasteiger partial charge in [0.05, 0.1) is 5.69 Å². The van der Waals surface area contributed by atoms with Gasteiger partial charge in [-0.25, -0.2) is 4.79 Å². The van der Waals surface area contributed by atoms with Gasteiger partial charge in [0.15, 0.2) is 11.5 Å². The van der Waals surface area contributed by atoms with Crippen LogP contribution >= 0.6 is 0 Å². The average Bonchev–Trinajstić information content (AvgIpc) is 2.26. The third-order valence-corrected chi connectivity index (χ3v) is 2.26. The molecule has 0 saturated heterocycles. The molecule has 0 aromatic heterocycles. The maximum absolute atomic E-state index is 12.4. The maximum atomic E-state index is 12.4. The molecule has 0 fully saturated rings. The molecule has 5 nitrogen and oxygen atoms in total. The van der Waals surface area contributed by atoms with Crippen LogP contribution in [-0.2, 0) is 4.74 Å². The normalized spacial score (nSPS) is 11.8. The predicted molar refractivity (Wildman–Crippen MR) is 73.0 cm³/mol. The third-order valence-electron chi connectivity index (χ3n) is 2.26. The molecule has 0 aliphatic rings. The number of ketones is 1. The Labute approximate surface area is 125 Å². The van der Waals surface area contributed by atoms with Crippen LogP contribution in [0.1, 0.15) is 38.1 Å². The fourth-order valence-electron chi connectivity index (χ4n) is 1.57. The van der Waals surface area contributed by atoms with Gasteiger partial charge in [-0.05, 0) is 39.8 Å². The summed E-state index contributed by atoms with van der Waals surface area (Å²) in [5, 5.41) is 2.13. The van der Waals surface area contributed by atoms with Crippen LogP contribution in [0.3, 0.4) is 0 Å². The first-order valence-electron chi connectivity index (χ1n) is 6.29. The molecule has 122 valence electrons. The molecule has 0 bridgehead atoms. The minimum Gasteiger partial charge on any atom is -0.444 e. The van der Waals surface area contributed by atoms with Crippen molar-refractivity contribution in [1.29, 1.82) is 0 Å². The Morgan fingerprint density at radius 3 is 2.18 bits per heavy atom. The lowest BCUT2D eigenvalue weighted by molar-refractivity contribution is -0.274. The number of carbonyl (C=O) groups excluding carboxylic acids is 2. The van der Waals surface area contributed by atoms with Gasteiger partial charge < -0.3 is 9.47 Å². The van der Waals surface area contributed by atoms with Gasteiger partial charge in [0.2, 0.25) is 0 Å². The molecule has 1 rings (SSSR count). The molecular weight excluding hydrogens is 303 g/mol. The van der Waals surface area contributed by atoms with Gasteiger partial charge in [-0.3, -0.25) is 10.1 Å². The Hall–Kier alpha value is -2.25. The first-order valence-corrected chi connectivity index (χ1v) is 6.29. The van der Waals surface area contributed by atoms with Crippen molar-refractivity contribution >= 4 is 17.6 Å². The quantitative estimate of drug-likeness (QED) is 0.851. The SMILES string of the molecule is CC(=O)c1cccc(OC(F)(F)F)c1NC(=O)OC(C)(C)C.